The maximum absolute atomic E-state index is 5.25. The van der Waals surface area contributed by atoms with Crippen molar-refractivity contribution in [1.29, 1.82) is 0 Å². The highest BCUT2D eigenvalue weighted by Crippen LogP contribution is 2.39. The van der Waals surface area contributed by atoms with Crippen LogP contribution in [0.4, 0.5) is 0 Å². The van der Waals surface area contributed by atoms with Gasteiger partial charge >= 0.3 is 0 Å². The summed E-state index contributed by atoms with van der Waals surface area (Å²) in [5.74, 6) is 1.03. The number of fused-ring (bicyclic) bond motifs is 4. The van der Waals surface area contributed by atoms with E-state index in [1.54, 1.807) is 0 Å². The summed E-state index contributed by atoms with van der Waals surface area (Å²) < 4.78 is 0. The lowest BCUT2D eigenvalue weighted by atomic mass is 9.84. The van der Waals surface area contributed by atoms with Gasteiger partial charge in [-0.2, -0.15) is 0 Å². The van der Waals surface area contributed by atoms with Gasteiger partial charge < -0.3 is 0 Å². The zero-order chi connectivity index (χ0) is 31.9. The molecule has 7 aromatic rings. The predicted octanol–water partition coefficient (Wildman–Crippen LogP) is 11.4. The van der Waals surface area contributed by atoms with E-state index < -0.39 is 0 Å². The first-order chi connectivity index (χ1) is 23.8. The van der Waals surface area contributed by atoms with Crippen LogP contribution in [0.25, 0.3) is 60.4 Å². The molecule has 0 radical (unpaired) electrons. The highest BCUT2D eigenvalue weighted by atomic mass is 14.9. The molecule has 3 nitrogen and oxygen atoms in total. The molecule has 2 aliphatic rings. The van der Waals surface area contributed by atoms with Crippen LogP contribution in [-0.4, -0.2) is 15.0 Å². The molecule has 0 saturated carbocycles. The second-order valence-corrected chi connectivity index (χ2v) is 12.7. The molecule has 228 valence electrons. The van der Waals surface area contributed by atoms with Crippen molar-refractivity contribution in [3.8, 4) is 11.4 Å². The lowest BCUT2D eigenvalue weighted by Gasteiger charge is -2.21. The SMILES string of the molecule is C1=CC(c2cc3ccccc3c3ccccc23)CC=C1c1cc(C2=CCCC(c3cccnc3)=C2)nc(-c2cccc3ccccc23)n1. The van der Waals surface area contributed by atoms with Gasteiger partial charge in [0.15, 0.2) is 5.82 Å². The maximum atomic E-state index is 5.25. The number of pyridine rings is 1. The fourth-order valence-corrected chi connectivity index (χ4v) is 7.38. The summed E-state index contributed by atoms with van der Waals surface area (Å²) in [5, 5.41) is 7.57. The summed E-state index contributed by atoms with van der Waals surface area (Å²) in [7, 11) is 0. The van der Waals surface area contributed by atoms with Gasteiger partial charge in [-0.1, -0.05) is 121 Å². The number of rotatable bonds is 5. The highest BCUT2D eigenvalue weighted by molar-refractivity contribution is 6.09. The van der Waals surface area contributed by atoms with Gasteiger partial charge in [0.05, 0.1) is 11.4 Å². The van der Waals surface area contributed by atoms with Crippen LogP contribution in [0.5, 0.6) is 0 Å². The van der Waals surface area contributed by atoms with Gasteiger partial charge in [-0.3, -0.25) is 4.98 Å². The summed E-state index contributed by atoms with van der Waals surface area (Å²) in [4.78, 5) is 14.9. The molecule has 5 aromatic carbocycles. The number of benzene rings is 5. The van der Waals surface area contributed by atoms with Crippen LogP contribution in [0.1, 0.15) is 47.7 Å². The van der Waals surface area contributed by atoms with E-state index in [2.05, 4.69) is 145 Å². The zero-order valence-corrected chi connectivity index (χ0v) is 26.6. The number of allylic oxidation sites excluding steroid dienone is 8. The first-order valence-corrected chi connectivity index (χ1v) is 16.8. The Labute approximate surface area is 280 Å². The van der Waals surface area contributed by atoms with Crippen molar-refractivity contribution in [3.05, 3.63) is 181 Å². The van der Waals surface area contributed by atoms with Gasteiger partial charge in [0.2, 0.25) is 0 Å². The first-order valence-electron chi connectivity index (χ1n) is 16.8. The average molecular weight is 616 g/mol. The minimum absolute atomic E-state index is 0.285. The van der Waals surface area contributed by atoms with Crippen molar-refractivity contribution in [2.45, 2.75) is 25.2 Å². The van der Waals surface area contributed by atoms with Crippen LogP contribution in [0.3, 0.4) is 0 Å². The largest absolute Gasteiger partial charge is 0.264 e. The summed E-state index contributed by atoms with van der Waals surface area (Å²) >= 11 is 0. The number of aromatic nitrogens is 3. The third-order valence-electron chi connectivity index (χ3n) is 9.79. The predicted molar refractivity (Wildman–Crippen MR) is 200 cm³/mol. The molecule has 1 atom stereocenters. The molecular weight excluding hydrogens is 583 g/mol. The third kappa shape index (κ3) is 5.14. The summed E-state index contributed by atoms with van der Waals surface area (Å²) in [6.07, 6.45) is 18.2. The van der Waals surface area contributed by atoms with E-state index in [1.165, 1.54) is 38.1 Å². The van der Waals surface area contributed by atoms with Crippen LogP contribution in [0.2, 0.25) is 0 Å². The summed E-state index contributed by atoms with van der Waals surface area (Å²) in [6, 6.07) is 41.1. The van der Waals surface area contributed by atoms with Gasteiger partial charge in [0.25, 0.3) is 0 Å². The minimum Gasteiger partial charge on any atom is -0.264 e. The van der Waals surface area contributed by atoms with Gasteiger partial charge in [-0.15, -0.1) is 0 Å². The van der Waals surface area contributed by atoms with Crippen LogP contribution in [0, 0.1) is 0 Å². The Morgan fingerprint density at radius 3 is 2.17 bits per heavy atom. The quantitative estimate of drug-likeness (QED) is 0.181. The Morgan fingerprint density at radius 2 is 1.35 bits per heavy atom. The van der Waals surface area contributed by atoms with Crippen LogP contribution < -0.4 is 0 Å². The van der Waals surface area contributed by atoms with Crippen molar-refractivity contribution in [1.82, 2.24) is 15.0 Å². The summed E-state index contributed by atoms with van der Waals surface area (Å²) in [6.45, 7) is 0. The van der Waals surface area contributed by atoms with E-state index >= 15 is 0 Å². The topological polar surface area (TPSA) is 38.7 Å². The van der Waals surface area contributed by atoms with E-state index in [4.69, 9.17) is 9.97 Å². The Kier molecular flexibility index (Phi) is 7.09. The Balaban J connectivity index is 1.14. The number of hydrogen-bond acceptors (Lipinski definition) is 3. The molecule has 2 heterocycles. The van der Waals surface area contributed by atoms with Gasteiger partial charge in [0, 0.05) is 23.9 Å². The molecule has 3 heteroatoms. The van der Waals surface area contributed by atoms with Crippen LogP contribution >= 0.6 is 0 Å². The first kappa shape index (κ1) is 28.3. The highest BCUT2D eigenvalue weighted by Gasteiger charge is 2.20. The fourth-order valence-electron chi connectivity index (χ4n) is 7.38. The van der Waals surface area contributed by atoms with Crippen molar-refractivity contribution >= 4 is 49.0 Å². The molecule has 9 rings (SSSR count). The monoisotopic (exact) mass is 615 g/mol. The van der Waals surface area contributed by atoms with E-state index in [0.717, 1.165) is 64.1 Å². The zero-order valence-electron chi connectivity index (χ0n) is 26.6. The molecule has 48 heavy (non-hydrogen) atoms. The third-order valence-corrected chi connectivity index (χ3v) is 9.79. The Hall–Kier alpha value is -5.93. The molecule has 0 fully saturated rings. The maximum Gasteiger partial charge on any atom is 0.161 e. The molecule has 0 spiro atoms. The van der Waals surface area contributed by atoms with E-state index in [9.17, 15) is 0 Å². The molecule has 0 amide bonds. The second kappa shape index (κ2) is 12.0. The average Bonchev–Trinajstić information content (AvgIpc) is 3.17. The van der Waals surface area contributed by atoms with Crippen LogP contribution in [-0.2, 0) is 0 Å². The molecule has 0 bridgehead atoms. The van der Waals surface area contributed by atoms with Crippen LogP contribution in [0.15, 0.2) is 158 Å². The number of hydrogen-bond donors (Lipinski definition) is 0. The normalized spacial score (nSPS) is 16.2. The Morgan fingerprint density at radius 1 is 0.604 bits per heavy atom. The molecule has 0 N–H and O–H groups in total. The number of nitrogens with zero attached hydrogens (tertiary/aromatic N) is 3. The van der Waals surface area contributed by atoms with E-state index in [-0.39, 0.29) is 5.92 Å². The molecule has 2 aromatic heterocycles. The van der Waals surface area contributed by atoms with Crippen molar-refractivity contribution in [2.75, 3.05) is 0 Å². The molecular formula is C45H33N3. The fraction of sp³-hybridized carbons (Fsp3) is 0.0889. The van der Waals surface area contributed by atoms with E-state index in [1.807, 2.05) is 18.5 Å². The van der Waals surface area contributed by atoms with Crippen molar-refractivity contribution in [3.63, 3.8) is 0 Å². The lowest BCUT2D eigenvalue weighted by Crippen LogP contribution is -2.04. The molecule has 0 saturated heterocycles. The molecule has 0 aliphatic heterocycles. The van der Waals surface area contributed by atoms with Gasteiger partial charge in [-0.25, -0.2) is 9.97 Å². The van der Waals surface area contributed by atoms with Crippen molar-refractivity contribution < 1.29 is 0 Å². The summed E-state index contributed by atoms with van der Waals surface area (Å²) in [5.41, 5.74) is 9.03. The molecule has 2 aliphatic carbocycles. The lowest BCUT2D eigenvalue weighted by molar-refractivity contribution is 0.865. The second-order valence-electron chi connectivity index (χ2n) is 12.7. The van der Waals surface area contributed by atoms with Gasteiger partial charge in [-0.05, 0) is 104 Å². The minimum atomic E-state index is 0.285. The standard InChI is InChI=1S/C45H33N3/c1-3-16-37-30(10-1)12-8-20-41(37)45-47-43(28-44(48-45)35-14-7-13-33(26-35)36-15-9-25-46-29-36)32-23-21-31(22-24-32)42-27-34-11-2-4-17-38(34)39-18-5-6-19-40(39)42/h1-6,8-12,14-21,23-29,31H,7,13,22H2. The smallest absolute Gasteiger partial charge is 0.161 e. The molecule has 1 unspecified atom stereocenters. The van der Waals surface area contributed by atoms with Crippen molar-refractivity contribution in [2.24, 2.45) is 0 Å². The van der Waals surface area contributed by atoms with E-state index in [0.29, 0.717) is 0 Å². The van der Waals surface area contributed by atoms with Gasteiger partial charge in [0.1, 0.15) is 0 Å². The Bertz CT molecular complexity index is 2480.